The Balaban J connectivity index is 2.57. The van der Waals surface area contributed by atoms with Crippen LogP contribution in [0, 0.1) is 11.3 Å². The lowest BCUT2D eigenvalue weighted by Gasteiger charge is -2.33. The molecule has 6 nitrogen and oxygen atoms in total. The molecule has 1 aliphatic heterocycles. The van der Waals surface area contributed by atoms with Gasteiger partial charge in [-0.15, -0.1) is 0 Å². The molecular weight excluding hydrogens is 248 g/mol. The number of nitrogens with one attached hydrogen (secondary N) is 1. The second-order valence-corrected chi connectivity index (χ2v) is 5.33. The molecule has 0 aromatic rings. The number of amides is 1. The molecule has 1 fully saturated rings. The molecule has 6 heteroatoms. The number of ether oxygens (including phenoxy) is 1. The third-order valence-corrected chi connectivity index (χ3v) is 4.06. The maximum absolute atomic E-state index is 11.9. The SMILES string of the molecule is CC[C@H](C)[C@H](N)C(=O)NCC1(C(=O)O)CCOCC1. The molecule has 1 rings (SSSR count). The third-order valence-electron chi connectivity index (χ3n) is 4.06. The first-order chi connectivity index (χ1) is 8.93. The normalized spacial score (nSPS) is 21.4. The highest BCUT2D eigenvalue weighted by atomic mass is 16.5. The van der Waals surface area contributed by atoms with Crippen molar-refractivity contribution in [2.45, 2.75) is 39.2 Å². The van der Waals surface area contributed by atoms with Gasteiger partial charge in [-0.05, 0) is 18.8 Å². The van der Waals surface area contributed by atoms with Gasteiger partial charge in [-0.1, -0.05) is 20.3 Å². The predicted molar refractivity (Wildman–Crippen MR) is 70.6 cm³/mol. The molecule has 0 spiro atoms. The van der Waals surface area contributed by atoms with Crippen LogP contribution in [0.4, 0.5) is 0 Å². The lowest BCUT2D eigenvalue weighted by molar-refractivity contribution is -0.154. The highest BCUT2D eigenvalue weighted by Gasteiger charge is 2.40. The monoisotopic (exact) mass is 272 g/mol. The second-order valence-electron chi connectivity index (χ2n) is 5.33. The van der Waals surface area contributed by atoms with Crippen molar-refractivity contribution < 1.29 is 19.4 Å². The molecule has 1 saturated heterocycles. The number of carboxylic acids is 1. The summed E-state index contributed by atoms with van der Waals surface area (Å²) in [6.45, 7) is 4.83. The van der Waals surface area contributed by atoms with Gasteiger partial charge in [0.05, 0.1) is 11.5 Å². The highest BCUT2D eigenvalue weighted by molar-refractivity contribution is 5.83. The first-order valence-electron chi connectivity index (χ1n) is 6.77. The van der Waals surface area contributed by atoms with Gasteiger partial charge >= 0.3 is 5.97 Å². The van der Waals surface area contributed by atoms with E-state index in [1.54, 1.807) is 0 Å². The second kappa shape index (κ2) is 6.86. The number of carboxylic acid groups (broad SMARTS) is 1. The quantitative estimate of drug-likeness (QED) is 0.648. The fourth-order valence-corrected chi connectivity index (χ4v) is 2.11. The average molecular weight is 272 g/mol. The van der Waals surface area contributed by atoms with Crippen molar-refractivity contribution in [3.63, 3.8) is 0 Å². The predicted octanol–water partition coefficient (Wildman–Crippen LogP) is 0.357. The van der Waals surface area contributed by atoms with Gasteiger partial charge in [-0.25, -0.2) is 0 Å². The minimum absolute atomic E-state index is 0.0791. The van der Waals surface area contributed by atoms with E-state index in [1.165, 1.54) is 0 Å². The average Bonchev–Trinajstić information content (AvgIpc) is 2.43. The molecule has 0 unspecified atom stereocenters. The smallest absolute Gasteiger partial charge is 0.311 e. The lowest BCUT2D eigenvalue weighted by Crippen LogP contribution is -2.51. The van der Waals surface area contributed by atoms with Crippen molar-refractivity contribution in [3.8, 4) is 0 Å². The maximum Gasteiger partial charge on any atom is 0.311 e. The molecule has 0 saturated carbocycles. The number of carbonyl (C=O) groups excluding carboxylic acids is 1. The summed E-state index contributed by atoms with van der Waals surface area (Å²) in [7, 11) is 0. The van der Waals surface area contributed by atoms with Crippen LogP contribution in [0.25, 0.3) is 0 Å². The molecule has 110 valence electrons. The fraction of sp³-hybridized carbons (Fsp3) is 0.846. The number of hydrogen-bond donors (Lipinski definition) is 3. The summed E-state index contributed by atoms with van der Waals surface area (Å²) < 4.78 is 5.18. The molecule has 1 heterocycles. The summed E-state index contributed by atoms with van der Waals surface area (Å²) in [5.74, 6) is -1.08. The summed E-state index contributed by atoms with van der Waals surface area (Å²) in [5.41, 5.74) is 4.91. The Morgan fingerprint density at radius 1 is 1.42 bits per heavy atom. The molecule has 0 aromatic heterocycles. The van der Waals surface area contributed by atoms with Crippen LogP contribution in [0.1, 0.15) is 33.1 Å². The van der Waals surface area contributed by atoms with Crippen molar-refractivity contribution in [2.75, 3.05) is 19.8 Å². The molecule has 1 amide bonds. The van der Waals surface area contributed by atoms with E-state index in [4.69, 9.17) is 10.5 Å². The van der Waals surface area contributed by atoms with E-state index in [0.717, 1.165) is 6.42 Å². The van der Waals surface area contributed by atoms with E-state index in [0.29, 0.717) is 26.1 Å². The van der Waals surface area contributed by atoms with E-state index in [-0.39, 0.29) is 18.4 Å². The maximum atomic E-state index is 11.9. The van der Waals surface area contributed by atoms with Gasteiger partial charge in [-0.2, -0.15) is 0 Å². The minimum Gasteiger partial charge on any atom is -0.481 e. The van der Waals surface area contributed by atoms with Crippen molar-refractivity contribution in [1.82, 2.24) is 5.32 Å². The van der Waals surface area contributed by atoms with Crippen molar-refractivity contribution in [3.05, 3.63) is 0 Å². The molecular formula is C13H24N2O4. The fourth-order valence-electron chi connectivity index (χ4n) is 2.11. The van der Waals surface area contributed by atoms with Gasteiger partial charge in [0.15, 0.2) is 0 Å². The summed E-state index contributed by atoms with van der Waals surface area (Å²) >= 11 is 0. The summed E-state index contributed by atoms with van der Waals surface area (Å²) in [5, 5.41) is 12.0. The zero-order valence-electron chi connectivity index (χ0n) is 11.6. The molecule has 0 aliphatic carbocycles. The van der Waals surface area contributed by atoms with Gasteiger partial charge in [0, 0.05) is 19.8 Å². The zero-order valence-corrected chi connectivity index (χ0v) is 11.6. The Morgan fingerprint density at radius 2 is 2.00 bits per heavy atom. The molecule has 19 heavy (non-hydrogen) atoms. The lowest BCUT2D eigenvalue weighted by atomic mass is 9.80. The van der Waals surface area contributed by atoms with Crippen LogP contribution in [0.3, 0.4) is 0 Å². The van der Waals surface area contributed by atoms with Crippen LogP contribution in [-0.2, 0) is 14.3 Å². The summed E-state index contributed by atoms with van der Waals surface area (Å²) in [4.78, 5) is 23.3. The van der Waals surface area contributed by atoms with Crippen LogP contribution in [0.2, 0.25) is 0 Å². The van der Waals surface area contributed by atoms with Crippen LogP contribution in [-0.4, -0.2) is 42.8 Å². The van der Waals surface area contributed by atoms with Crippen LogP contribution >= 0.6 is 0 Å². The van der Waals surface area contributed by atoms with Gasteiger partial charge in [0.2, 0.25) is 5.91 Å². The number of aliphatic carboxylic acids is 1. The van der Waals surface area contributed by atoms with E-state index in [2.05, 4.69) is 5.32 Å². The Bertz CT molecular complexity index is 327. The van der Waals surface area contributed by atoms with Gasteiger partial charge in [0.1, 0.15) is 0 Å². The number of hydrogen-bond acceptors (Lipinski definition) is 4. The molecule has 2 atom stereocenters. The number of rotatable bonds is 6. The molecule has 0 bridgehead atoms. The van der Waals surface area contributed by atoms with Crippen LogP contribution in [0.15, 0.2) is 0 Å². The minimum atomic E-state index is -0.914. The molecule has 0 aromatic carbocycles. The van der Waals surface area contributed by atoms with Crippen molar-refractivity contribution in [2.24, 2.45) is 17.1 Å². The van der Waals surface area contributed by atoms with Crippen LogP contribution < -0.4 is 11.1 Å². The molecule has 0 radical (unpaired) electrons. The van der Waals surface area contributed by atoms with E-state index in [1.807, 2.05) is 13.8 Å². The number of carbonyl (C=O) groups is 2. The zero-order chi connectivity index (χ0) is 14.5. The van der Waals surface area contributed by atoms with Crippen LogP contribution in [0.5, 0.6) is 0 Å². The first kappa shape index (κ1) is 15.9. The Morgan fingerprint density at radius 3 is 2.47 bits per heavy atom. The van der Waals surface area contributed by atoms with Gasteiger partial charge < -0.3 is 20.9 Å². The summed E-state index contributed by atoms with van der Waals surface area (Å²) in [6.07, 6.45) is 1.65. The van der Waals surface area contributed by atoms with Gasteiger partial charge in [-0.3, -0.25) is 9.59 Å². The highest BCUT2D eigenvalue weighted by Crippen LogP contribution is 2.30. The largest absolute Gasteiger partial charge is 0.481 e. The van der Waals surface area contributed by atoms with Crippen molar-refractivity contribution in [1.29, 1.82) is 0 Å². The third kappa shape index (κ3) is 3.91. The van der Waals surface area contributed by atoms with E-state index < -0.39 is 17.4 Å². The van der Waals surface area contributed by atoms with Crippen molar-refractivity contribution >= 4 is 11.9 Å². The number of nitrogens with two attached hydrogens (primary N) is 1. The molecule has 4 N–H and O–H groups in total. The Hall–Kier alpha value is -1.14. The first-order valence-corrected chi connectivity index (χ1v) is 6.77. The Labute approximate surface area is 113 Å². The standard InChI is InChI=1S/C13H24N2O4/c1-3-9(2)10(14)11(16)15-8-13(12(17)18)4-6-19-7-5-13/h9-10H,3-8,14H2,1-2H3,(H,15,16)(H,17,18)/t9-,10-/m0/s1. The van der Waals surface area contributed by atoms with Gasteiger partial charge in [0.25, 0.3) is 0 Å². The van der Waals surface area contributed by atoms with E-state index >= 15 is 0 Å². The van der Waals surface area contributed by atoms with E-state index in [9.17, 15) is 14.7 Å². The topological polar surface area (TPSA) is 102 Å². The molecule has 1 aliphatic rings. The summed E-state index contributed by atoms with van der Waals surface area (Å²) in [6, 6.07) is -0.587. The Kier molecular flexibility index (Phi) is 5.75.